The molecule has 4 rings (SSSR count). The van der Waals surface area contributed by atoms with Crippen LogP contribution >= 0.6 is 0 Å². The summed E-state index contributed by atoms with van der Waals surface area (Å²) in [5.74, 6) is -1.47. The molecule has 0 fully saturated rings. The first-order chi connectivity index (χ1) is 22.4. The van der Waals surface area contributed by atoms with E-state index < -0.39 is 29.3 Å². The van der Waals surface area contributed by atoms with E-state index in [1.807, 2.05) is 68.4 Å². The van der Waals surface area contributed by atoms with Gasteiger partial charge in [0.05, 0.1) is 0 Å². The summed E-state index contributed by atoms with van der Waals surface area (Å²) in [4.78, 5) is 48.4. The van der Waals surface area contributed by atoms with Crippen LogP contribution < -0.4 is 11.1 Å². The number of carbonyl (C=O) groups is 3. The van der Waals surface area contributed by atoms with Gasteiger partial charge < -0.3 is 20.9 Å². The molecule has 47 heavy (non-hydrogen) atoms. The second-order valence-electron chi connectivity index (χ2n) is 12.6. The Bertz CT molecular complexity index is 1690. The Kier molecular flexibility index (Phi) is 12.0. The lowest BCUT2D eigenvalue weighted by atomic mass is 9.98. The van der Waals surface area contributed by atoms with E-state index >= 15 is 0 Å². The number of amides is 3. The first-order valence-corrected chi connectivity index (χ1v) is 15.8. The average molecular weight is 638 g/mol. The molecule has 246 valence electrons. The molecule has 0 aliphatic heterocycles. The number of rotatable bonds is 14. The molecule has 4 aromatic rings. The molecular weight excluding hydrogens is 593 g/mol. The van der Waals surface area contributed by atoms with Gasteiger partial charge >= 0.3 is 0 Å². The van der Waals surface area contributed by atoms with Crippen molar-refractivity contribution in [3.63, 3.8) is 0 Å². The van der Waals surface area contributed by atoms with Gasteiger partial charge in [0.2, 0.25) is 17.7 Å². The van der Waals surface area contributed by atoms with Crippen LogP contribution in [0.3, 0.4) is 0 Å². The molecule has 0 spiro atoms. The van der Waals surface area contributed by atoms with Crippen LogP contribution in [0.5, 0.6) is 0 Å². The van der Waals surface area contributed by atoms with Crippen LogP contribution in [0.1, 0.15) is 37.0 Å². The molecule has 9 heteroatoms. The predicted octanol–water partition coefficient (Wildman–Crippen LogP) is 4.86. The summed E-state index contributed by atoms with van der Waals surface area (Å²) in [5, 5.41) is 5.06. The average Bonchev–Trinajstić information content (AvgIpc) is 3.05. The van der Waals surface area contributed by atoms with Gasteiger partial charge in [-0.1, -0.05) is 60.7 Å². The third-order valence-corrected chi connectivity index (χ3v) is 8.17. The van der Waals surface area contributed by atoms with Crippen molar-refractivity contribution in [1.82, 2.24) is 20.1 Å². The van der Waals surface area contributed by atoms with E-state index in [1.54, 1.807) is 44.7 Å². The van der Waals surface area contributed by atoms with Crippen molar-refractivity contribution in [2.45, 2.75) is 57.2 Å². The second-order valence-corrected chi connectivity index (χ2v) is 12.6. The largest absolute Gasteiger partial charge is 0.354 e. The molecule has 1 aromatic heterocycles. The van der Waals surface area contributed by atoms with Gasteiger partial charge in [-0.15, -0.1) is 0 Å². The first-order valence-electron chi connectivity index (χ1n) is 15.8. The molecule has 8 nitrogen and oxygen atoms in total. The van der Waals surface area contributed by atoms with E-state index in [2.05, 4.69) is 10.3 Å². The van der Waals surface area contributed by atoms with Crippen molar-refractivity contribution < 1.29 is 18.8 Å². The normalized spacial score (nSPS) is 12.9. The number of likely N-dealkylation sites (N-methyl/N-ethyl adjacent to an activating group) is 2. The molecule has 0 aliphatic carbocycles. The Hall–Kier alpha value is -4.89. The van der Waals surface area contributed by atoms with E-state index in [-0.39, 0.29) is 24.7 Å². The predicted molar refractivity (Wildman–Crippen MR) is 184 cm³/mol. The molecule has 0 bridgehead atoms. The first kappa shape index (κ1) is 35.0. The Morgan fingerprint density at radius 2 is 1.49 bits per heavy atom. The number of nitrogens with two attached hydrogens (primary N) is 1. The molecule has 0 saturated heterocycles. The molecular formula is C38H44FN5O3. The van der Waals surface area contributed by atoms with Crippen LogP contribution in [0.25, 0.3) is 10.8 Å². The molecule has 1 heterocycles. The van der Waals surface area contributed by atoms with Crippen molar-refractivity contribution in [2.24, 2.45) is 5.73 Å². The maximum atomic E-state index is 14.4. The summed E-state index contributed by atoms with van der Waals surface area (Å²) < 4.78 is 13.7. The SMILES string of the molecule is CN(C(=O)C=CCC(C)(C)N)[C@H](Cc1ccc2ccccc2c1)C(=O)N(C)[C@H](Cc1ccc(F)cc1)C(=O)NCCc1ccncc1. The minimum Gasteiger partial charge on any atom is -0.354 e. The number of nitrogens with one attached hydrogen (secondary N) is 1. The zero-order valence-electron chi connectivity index (χ0n) is 27.5. The van der Waals surface area contributed by atoms with Crippen molar-refractivity contribution >= 4 is 28.5 Å². The van der Waals surface area contributed by atoms with Crippen molar-refractivity contribution in [2.75, 3.05) is 20.6 Å². The van der Waals surface area contributed by atoms with Gasteiger partial charge in [0.15, 0.2) is 0 Å². The van der Waals surface area contributed by atoms with E-state index in [0.717, 1.165) is 21.9 Å². The summed E-state index contributed by atoms with van der Waals surface area (Å²) in [6.07, 6.45) is 8.01. The van der Waals surface area contributed by atoms with Crippen molar-refractivity contribution in [3.05, 3.63) is 126 Å². The van der Waals surface area contributed by atoms with Crippen LogP contribution in [-0.2, 0) is 33.6 Å². The molecule has 0 aliphatic rings. The van der Waals surface area contributed by atoms with Gasteiger partial charge in [0, 0.05) is 51.4 Å². The van der Waals surface area contributed by atoms with Crippen LogP contribution in [0.15, 0.2) is 103 Å². The number of hydrogen-bond acceptors (Lipinski definition) is 5. The number of aromatic nitrogens is 1. The molecule has 0 saturated carbocycles. The van der Waals surface area contributed by atoms with Crippen LogP contribution in [-0.4, -0.2) is 70.8 Å². The van der Waals surface area contributed by atoms with Crippen molar-refractivity contribution in [1.29, 1.82) is 0 Å². The molecule has 3 N–H and O–H groups in total. The lowest BCUT2D eigenvalue weighted by Gasteiger charge is -2.34. The second kappa shape index (κ2) is 16.1. The Morgan fingerprint density at radius 3 is 2.17 bits per heavy atom. The Morgan fingerprint density at radius 1 is 0.851 bits per heavy atom. The fraction of sp³-hybridized carbons (Fsp3) is 0.316. The topological polar surface area (TPSA) is 109 Å². The fourth-order valence-corrected chi connectivity index (χ4v) is 5.35. The number of hydrogen-bond donors (Lipinski definition) is 2. The van der Waals surface area contributed by atoms with E-state index in [4.69, 9.17) is 5.73 Å². The summed E-state index contributed by atoms with van der Waals surface area (Å²) in [7, 11) is 3.18. The minimum atomic E-state index is -0.915. The van der Waals surface area contributed by atoms with Crippen molar-refractivity contribution in [3.8, 4) is 0 Å². The van der Waals surface area contributed by atoms with Gasteiger partial charge in [0.1, 0.15) is 17.9 Å². The number of fused-ring (bicyclic) bond motifs is 1. The molecule has 2 atom stereocenters. The highest BCUT2D eigenvalue weighted by atomic mass is 19.1. The van der Waals surface area contributed by atoms with Gasteiger partial charge in [-0.3, -0.25) is 19.4 Å². The smallest absolute Gasteiger partial charge is 0.246 e. The number of pyridine rings is 1. The van der Waals surface area contributed by atoms with Crippen LogP contribution in [0.2, 0.25) is 0 Å². The quantitative estimate of drug-likeness (QED) is 0.192. The van der Waals surface area contributed by atoms with Crippen LogP contribution in [0.4, 0.5) is 4.39 Å². The summed E-state index contributed by atoms with van der Waals surface area (Å²) in [6.45, 7) is 4.10. The zero-order valence-corrected chi connectivity index (χ0v) is 27.5. The van der Waals surface area contributed by atoms with Gasteiger partial charge in [-0.2, -0.15) is 0 Å². The van der Waals surface area contributed by atoms with Crippen LogP contribution in [0, 0.1) is 5.82 Å². The third kappa shape index (κ3) is 10.3. The van der Waals surface area contributed by atoms with Gasteiger partial charge in [0.25, 0.3) is 0 Å². The lowest BCUT2D eigenvalue weighted by molar-refractivity contribution is -0.146. The molecule has 0 radical (unpaired) electrons. The Balaban J connectivity index is 1.62. The number of carbonyl (C=O) groups excluding carboxylic acids is 3. The highest BCUT2D eigenvalue weighted by Gasteiger charge is 2.35. The van der Waals surface area contributed by atoms with E-state index in [9.17, 15) is 18.8 Å². The number of nitrogens with zero attached hydrogens (tertiary/aromatic N) is 3. The number of benzene rings is 3. The minimum absolute atomic E-state index is 0.162. The summed E-state index contributed by atoms with van der Waals surface area (Å²) in [5.41, 5.74) is 8.19. The highest BCUT2D eigenvalue weighted by molar-refractivity contribution is 5.95. The summed E-state index contributed by atoms with van der Waals surface area (Å²) in [6, 6.07) is 21.7. The van der Waals surface area contributed by atoms with Gasteiger partial charge in [-0.25, -0.2) is 4.39 Å². The Labute approximate surface area is 276 Å². The zero-order chi connectivity index (χ0) is 34.0. The standard InChI is InChI=1S/C38H44FN5O3/c1-38(2,40)20-7-10-35(45)43(3)34(26-29-11-14-30-8-5-6-9-31(30)24-29)37(47)44(4)33(25-28-12-15-32(39)16-13-28)36(46)42-23-19-27-17-21-41-22-18-27/h5-18,21-22,24,33-34H,19-20,23,25-26,40H2,1-4H3,(H,42,46)/t33-,34-/m1/s1. The van der Waals surface area contributed by atoms with Gasteiger partial charge in [-0.05, 0) is 84.5 Å². The maximum absolute atomic E-state index is 14.4. The summed E-state index contributed by atoms with van der Waals surface area (Å²) >= 11 is 0. The third-order valence-electron chi connectivity index (χ3n) is 8.17. The van der Waals surface area contributed by atoms with E-state index in [1.165, 1.54) is 28.0 Å². The number of halogens is 1. The highest BCUT2D eigenvalue weighted by Crippen LogP contribution is 2.20. The molecule has 3 amide bonds. The lowest BCUT2D eigenvalue weighted by Crippen LogP contribution is -2.56. The fourth-order valence-electron chi connectivity index (χ4n) is 5.35. The maximum Gasteiger partial charge on any atom is 0.246 e. The molecule has 3 aromatic carbocycles. The monoisotopic (exact) mass is 637 g/mol. The molecule has 0 unspecified atom stereocenters. The van der Waals surface area contributed by atoms with E-state index in [0.29, 0.717) is 24.9 Å².